The molecule has 0 radical (unpaired) electrons. The molecule has 0 spiro atoms. The molecule has 5 nitrogen and oxygen atoms in total. The maximum Gasteiger partial charge on any atom is 0.354 e. The summed E-state index contributed by atoms with van der Waals surface area (Å²) in [5.41, 5.74) is 0.276. The number of esters is 1. The first-order valence-corrected chi connectivity index (χ1v) is 5.50. The van der Waals surface area contributed by atoms with E-state index in [1.165, 1.54) is 7.11 Å². The van der Waals surface area contributed by atoms with Gasteiger partial charge < -0.3 is 14.4 Å². The standard InChI is InChI=1S/C12H15NO4/c1-13-7-8(6-9(13)10(14)17-2)12(11(15)16)4-3-5-12/h6-7H,3-5H2,1-2H3,(H,15,16). The van der Waals surface area contributed by atoms with Crippen LogP contribution >= 0.6 is 0 Å². The van der Waals surface area contributed by atoms with Gasteiger partial charge in [-0.15, -0.1) is 0 Å². The third-order valence-corrected chi connectivity index (χ3v) is 3.57. The lowest BCUT2D eigenvalue weighted by molar-refractivity contribution is -0.147. The van der Waals surface area contributed by atoms with E-state index in [-0.39, 0.29) is 0 Å². The predicted octanol–water partition coefficient (Wildman–Crippen LogP) is 1.32. The lowest BCUT2D eigenvalue weighted by atomic mass is 9.65. The van der Waals surface area contributed by atoms with Gasteiger partial charge in [-0.1, -0.05) is 6.42 Å². The lowest BCUT2D eigenvalue weighted by Gasteiger charge is -2.37. The fourth-order valence-corrected chi connectivity index (χ4v) is 2.29. The van der Waals surface area contributed by atoms with Crippen LogP contribution in [-0.2, 0) is 22.0 Å². The van der Waals surface area contributed by atoms with Crippen molar-refractivity contribution in [3.05, 3.63) is 23.5 Å². The summed E-state index contributed by atoms with van der Waals surface area (Å²) in [6.45, 7) is 0. The number of ether oxygens (including phenoxy) is 1. The Hall–Kier alpha value is -1.78. The highest BCUT2D eigenvalue weighted by molar-refractivity contribution is 5.89. The van der Waals surface area contributed by atoms with E-state index in [0.29, 0.717) is 24.1 Å². The summed E-state index contributed by atoms with van der Waals surface area (Å²) in [6, 6.07) is 1.62. The van der Waals surface area contributed by atoms with Crippen LogP contribution in [0.25, 0.3) is 0 Å². The lowest BCUT2D eigenvalue weighted by Crippen LogP contribution is -2.42. The van der Waals surface area contributed by atoms with Crippen molar-refractivity contribution < 1.29 is 19.4 Å². The summed E-state index contributed by atoms with van der Waals surface area (Å²) in [5, 5.41) is 9.31. The number of aliphatic carboxylic acids is 1. The Bertz CT molecular complexity index is 471. The number of carbonyl (C=O) groups excluding carboxylic acids is 1. The fraction of sp³-hybridized carbons (Fsp3) is 0.500. The minimum atomic E-state index is -0.814. The van der Waals surface area contributed by atoms with Crippen molar-refractivity contribution in [3.8, 4) is 0 Å². The van der Waals surface area contributed by atoms with Crippen LogP contribution in [0.3, 0.4) is 0 Å². The number of carboxylic acid groups (broad SMARTS) is 1. The minimum absolute atomic E-state index is 0.384. The molecule has 2 rings (SSSR count). The van der Waals surface area contributed by atoms with E-state index >= 15 is 0 Å². The van der Waals surface area contributed by atoms with Gasteiger partial charge in [0.1, 0.15) is 5.69 Å². The van der Waals surface area contributed by atoms with Crippen LogP contribution in [0.5, 0.6) is 0 Å². The van der Waals surface area contributed by atoms with Gasteiger partial charge in [0.2, 0.25) is 0 Å². The van der Waals surface area contributed by atoms with Crippen molar-refractivity contribution in [2.75, 3.05) is 7.11 Å². The smallest absolute Gasteiger partial charge is 0.354 e. The summed E-state index contributed by atoms with van der Waals surface area (Å²) in [4.78, 5) is 22.8. The molecule has 5 heteroatoms. The fourth-order valence-electron chi connectivity index (χ4n) is 2.29. The Balaban J connectivity index is 2.40. The molecule has 92 valence electrons. The molecule has 1 aliphatic carbocycles. The van der Waals surface area contributed by atoms with Crippen LogP contribution in [0.4, 0.5) is 0 Å². The Morgan fingerprint density at radius 2 is 2.12 bits per heavy atom. The van der Waals surface area contributed by atoms with E-state index in [1.54, 1.807) is 23.9 Å². The predicted molar refractivity (Wildman–Crippen MR) is 59.9 cm³/mol. The molecule has 0 aromatic carbocycles. The Kier molecular flexibility index (Phi) is 2.69. The Labute approximate surface area is 99.0 Å². The molecular weight excluding hydrogens is 222 g/mol. The number of carbonyl (C=O) groups is 2. The first kappa shape index (κ1) is 11.7. The van der Waals surface area contributed by atoms with Gasteiger partial charge >= 0.3 is 11.9 Å². The Morgan fingerprint density at radius 1 is 1.47 bits per heavy atom. The summed E-state index contributed by atoms with van der Waals surface area (Å²) < 4.78 is 6.26. The molecule has 1 heterocycles. The van der Waals surface area contributed by atoms with Gasteiger partial charge in [-0.2, -0.15) is 0 Å². The molecular formula is C12H15NO4. The third kappa shape index (κ3) is 1.62. The molecule has 0 atom stereocenters. The van der Waals surface area contributed by atoms with Crippen molar-refractivity contribution in [1.82, 2.24) is 4.57 Å². The maximum absolute atomic E-state index is 11.5. The molecule has 0 unspecified atom stereocenters. The molecule has 1 fully saturated rings. The summed E-state index contributed by atoms with van der Waals surface area (Å²) in [6.07, 6.45) is 3.88. The largest absolute Gasteiger partial charge is 0.481 e. The number of carboxylic acids is 1. The van der Waals surface area contributed by atoms with E-state index in [1.807, 2.05) is 0 Å². The highest BCUT2D eigenvalue weighted by Gasteiger charge is 2.46. The van der Waals surface area contributed by atoms with Crippen molar-refractivity contribution in [1.29, 1.82) is 0 Å². The number of methoxy groups -OCH3 is 1. The molecule has 1 aromatic heterocycles. The summed E-state index contributed by atoms with van der Waals surface area (Å²) in [7, 11) is 3.02. The molecule has 1 saturated carbocycles. The maximum atomic E-state index is 11.5. The number of hydrogen-bond acceptors (Lipinski definition) is 3. The van der Waals surface area contributed by atoms with Crippen LogP contribution in [0, 0.1) is 0 Å². The second-order valence-electron chi connectivity index (χ2n) is 4.46. The molecule has 0 bridgehead atoms. The van der Waals surface area contributed by atoms with E-state index in [4.69, 9.17) is 0 Å². The van der Waals surface area contributed by atoms with Crippen LogP contribution in [0.2, 0.25) is 0 Å². The average Bonchev–Trinajstić information content (AvgIpc) is 2.57. The normalized spacial score (nSPS) is 17.3. The monoisotopic (exact) mass is 237 g/mol. The zero-order chi connectivity index (χ0) is 12.6. The highest BCUT2D eigenvalue weighted by Crippen LogP contribution is 2.44. The Morgan fingerprint density at radius 3 is 2.53 bits per heavy atom. The van der Waals surface area contributed by atoms with Crippen LogP contribution in [0.15, 0.2) is 12.3 Å². The van der Waals surface area contributed by atoms with Gasteiger partial charge in [0.15, 0.2) is 0 Å². The SMILES string of the molecule is COC(=O)c1cc(C2(C(=O)O)CCC2)cn1C. The van der Waals surface area contributed by atoms with Gasteiger partial charge in [0.05, 0.1) is 12.5 Å². The number of aryl methyl sites for hydroxylation is 1. The zero-order valence-corrected chi connectivity index (χ0v) is 9.90. The van der Waals surface area contributed by atoms with E-state index in [9.17, 15) is 14.7 Å². The minimum Gasteiger partial charge on any atom is -0.481 e. The average molecular weight is 237 g/mol. The molecule has 1 aromatic rings. The summed E-state index contributed by atoms with van der Waals surface area (Å²) >= 11 is 0. The van der Waals surface area contributed by atoms with Crippen molar-refractivity contribution in [2.24, 2.45) is 7.05 Å². The molecule has 0 saturated heterocycles. The molecule has 1 aliphatic rings. The molecule has 0 amide bonds. The topological polar surface area (TPSA) is 68.5 Å². The van der Waals surface area contributed by atoms with Gasteiger partial charge in [-0.25, -0.2) is 4.79 Å². The van der Waals surface area contributed by atoms with Gasteiger partial charge in [-0.3, -0.25) is 4.79 Å². The first-order chi connectivity index (χ1) is 8.01. The quantitative estimate of drug-likeness (QED) is 0.805. The molecule has 17 heavy (non-hydrogen) atoms. The van der Waals surface area contributed by atoms with Crippen LogP contribution in [-0.4, -0.2) is 28.7 Å². The summed E-state index contributed by atoms with van der Waals surface area (Å²) in [5.74, 6) is -1.26. The van der Waals surface area contributed by atoms with Crippen molar-refractivity contribution >= 4 is 11.9 Å². The number of rotatable bonds is 3. The van der Waals surface area contributed by atoms with Gasteiger partial charge in [0, 0.05) is 13.2 Å². The van der Waals surface area contributed by atoms with Gasteiger partial charge in [-0.05, 0) is 24.5 Å². The van der Waals surface area contributed by atoms with Gasteiger partial charge in [0.25, 0.3) is 0 Å². The van der Waals surface area contributed by atoms with E-state index in [0.717, 1.165) is 6.42 Å². The van der Waals surface area contributed by atoms with Crippen molar-refractivity contribution in [2.45, 2.75) is 24.7 Å². The van der Waals surface area contributed by atoms with E-state index < -0.39 is 17.4 Å². The van der Waals surface area contributed by atoms with E-state index in [2.05, 4.69) is 4.74 Å². The number of nitrogens with zero attached hydrogens (tertiary/aromatic N) is 1. The second kappa shape index (κ2) is 3.91. The molecule has 1 N–H and O–H groups in total. The van der Waals surface area contributed by atoms with Crippen LogP contribution < -0.4 is 0 Å². The van der Waals surface area contributed by atoms with Crippen LogP contribution in [0.1, 0.15) is 35.3 Å². The number of hydrogen-bond donors (Lipinski definition) is 1. The third-order valence-electron chi connectivity index (χ3n) is 3.57. The molecule has 0 aliphatic heterocycles. The second-order valence-corrected chi connectivity index (χ2v) is 4.46. The highest BCUT2D eigenvalue weighted by atomic mass is 16.5. The van der Waals surface area contributed by atoms with Crippen molar-refractivity contribution in [3.63, 3.8) is 0 Å². The zero-order valence-electron chi connectivity index (χ0n) is 9.90. The first-order valence-electron chi connectivity index (χ1n) is 5.50. The number of aromatic nitrogens is 1.